The van der Waals surface area contributed by atoms with Crippen molar-refractivity contribution in [3.63, 3.8) is 0 Å². The Balaban J connectivity index is 2.04. The van der Waals surface area contributed by atoms with Crippen LogP contribution in [0.2, 0.25) is 0 Å². The van der Waals surface area contributed by atoms with Crippen LogP contribution in [0.4, 0.5) is 15.8 Å². The van der Waals surface area contributed by atoms with Gasteiger partial charge in [-0.3, -0.25) is 4.79 Å². The second-order valence-electron chi connectivity index (χ2n) is 4.99. The zero-order chi connectivity index (χ0) is 15.0. The van der Waals surface area contributed by atoms with Crippen molar-refractivity contribution in [2.45, 2.75) is 11.8 Å². The molecular formula is C16H15FN2OS. The maximum absolute atomic E-state index is 13.4. The van der Waals surface area contributed by atoms with Crippen LogP contribution in [0.5, 0.6) is 0 Å². The second-order valence-corrected chi connectivity index (χ2v) is 6.13. The van der Waals surface area contributed by atoms with E-state index in [0.717, 1.165) is 21.9 Å². The maximum atomic E-state index is 13.4. The Hall–Kier alpha value is -2.01. The van der Waals surface area contributed by atoms with Gasteiger partial charge in [0.25, 0.3) is 5.91 Å². The van der Waals surface area contributed by atoms with Crippen LogP contribution in [0.1, 0.15) is 15.9 Å². The summed E-state index contributed by atoms with van der Waals surface area (Å²) in [5.41, 5.74) is 8.42. The molecule has 2 aromatic rings. The Labute approximate surface area is 126 Å². The van der Waals surface area contributed by atoms with E-state index >= 15 is 0 Å². The number of nitrogens with two attached hydrogens (primary N) is 1. The molecule has 0 atom stereocenters. The van der Waals surface area contributed by atoms with Gasteiger partial charge in [0.15, 0.2) is 0 Å². The van der Waals surface area contributed by atoms with E-state index in [2.05, 4.69) is 0 Å². The summed E-state index contributed by atoms with van der Waals surface area (Å²) >= 11 is 1.70. The van der Waals surface area contributed by atoms with E-state index in [0.29, 0.717) is 17.8 Å². The predicted octanol–water partition coefficient (Wildman–Crippen LogP) is 3.47. The molecule has 0 unspecified atom stereocenters. The molecule has 0 saturated heterocycles. The van der Waals surface area contributed by atoms with Crippen LogP contribution in [0.15, 0.2) is 41.3 Å². The van der Waals surface area contributed by atoms with Crippen LogP contribution in [0, 0.1) is 12.7 Å². The van der Waals surface area contributed by atoms with E-state index in [1.807, 2.05) is 19.1 Å². The van der Waals surface area contributed by atoms with Gasteiger partial charge in [-0.25, -0.2) is 4.39 Å². The fourth-order valence-electron chi connectivity index (χ4n) is 2.42. The minimum atomic E-state index is -0.400. The van der Waals surface area contributed by atoms with Gasteiger partial charge in [0.2, 0.25) is 0 Å². The highest BCUT2D eigenvalue weighted by molar-refractivity contribution is 7.99. The third kappa shape index (κ3) is 2.61. The number of benzene rings is 2. The number of amides is 1. The second kappa shape index (κ2) is 5.41. The lowest BCUT2D eigenvalue weighted by Crippen LogP contribution is -2.36. The zero-order valence-corrected chi connectivity index (χ0v) is 12.4. The van der Waals surface area contributed by atoms with Gasteiger partial charge in [-0.1, -0.05) is 6.07 Å². The van der Waals surface area contributed by atoms with Gasteiger partial charge in [-0.15, -0.1) is 11.8 Å². The highest BCUT2D eigenvalue weighted by atomic mass is 32.2. The molecule has 1 amide bonds. The molecule has 2 aromatic carbocycles. The lowest BCUT2D eigenvalue weighted by Gasteiger charge is -2.29. The normalized spacial score (nSPS) is 13.9. The van der Waals surface area contributed by atoms with E-state index in [1.165, 1.54) is 12.1 Å². The molecule has 0 spiro atoms. The van der Waals surface area contributed by atoms with Crippen LogP contribution < -0.4 is 10.6 Å². The highest BCUT2D eigenvalue weighted by Gasteiger charge is 2.25. The third-order valence-corrected chi connectivity index (χ3v) is 4.56. The molecule has 0 fully saturated rings. The molecule has 0 saturated carbocycles. The maximum Gasteiger partial charge on any atom is 0.258 e. The molecule has 21 heavy (non-hydrogen) atoms. The monoisotopic (exact) mass is 302 g/mol. The first-order chi connectivity index (χ1) is 10.1. The molecule has 1 aliphatic rings. The molecule has 1 aliphatic heterocycles. The van der Waals surface area contributed by atoms with E-state index in [4.69, 9.17) is 5.73 Å². The summed E-state index contributed by atoms with van der Waals surface area (Å²) < 4.78 is 13.4. The average Bonchev–Trinajstić information content (AvgIpc) is 2.48. The summed E-state index contributed by atoms with van der Waals surface area (Å²) in [5.74, 6) is 0.235. The van der Waals surface area contributed by atoms with E-state index < -0.39 is 5.82 Å². The van der Waals surface area contributed by atoms with Crippen molar-refractivity contribution in [1.82, 2.24) is 0 Å². The fourth-order valence-corrected chi connectivity index (χ4v) is 3.39. The van der Waals surface area contributed by atoms with Gasteiger partial charge in [0.05, 0.1) is 5.69 Å². The topological polar surface area (TPSA) is 46.3 Å². The zero-order valence-electron chi connectivity index (χ0n) is 11.6. The summed E-state index contributed by atoms with van der Waals surface area (Å²) in [6.45, 7) is 2.40. The summed E-state index contributed by atoms with van der Waals surface area (Å²) in [4.78, 5) is 15.5. The highest BCUT2D eigenvalue weighted by Crippen LogP contribution is 2.37. The SMILES string of the molecule is Cc1ccc(F)cc1C(=O)N1CCSc2ccc(N)cc21. The number of rotatable bonds is 1. The molecule has 1 heterocycles. The summed E-state index contributed by atoms with van der Waals surface area (Å²) in [6, 6.07) is 9.84. The molecule has 2 N–H and O–H groups in total. The largest absolute Gasteiger partial charge is 0.399 e. The Morgan fingerprint density at radius 3 is 2.90 bits per heavy atom. The van der Waals surface area contributed by atoms with Gasteiger partial charge >= 0.3 is 0 Å². The molecular weight excluding hydrogens is 287 g/mol. The molecule has 0 bridgehead atoms. The van der Waals surface area contributed by atoms with E-state index in [-0.39, 0.29) is 5.91 Å². The lowest BCUT2D eigenvalue weighted by atomic mass is 10.1. The molecule has 5 heteroatoms. The number of hydrogen-bond donors (Lipinski definition) is 1. The Kier molecular flexibility index (Phi) is 3.59. The van der Waals surface area contributed by atoms with Crippen molar-refractivity contribution in [3.05, 3.63) is 53.3 Å². The Bertz CT molecular complexity index is 717. The van der Waals surface area contributed by atoms with Gasteiger partial charge in [0, 0.05) is 28.4 Å². The van der Waals surface area contributed by atoms with E-state index in [1.54, 1.807) is 28.8 Å². The number of halogens is 1. The van der Waals surface area contributed by atoms with Gasteiger partial charge in [0.1, 0.15) is 5.82 Å². The van der Waals surface area contributed by atoms with Crippen molar-refractivity contribution in [2.75, 3.05) is 22.9 Å². The lowest BCUT2D eigenvalue weighted by molar-refractivity contribution is 0.0986. The smallest absolute Gasteiger partial charge is 0.258 e. The van der Waals surface area contributed by atoms with E-state index in [9.17, 15) is 9.18 Å². The first kappa shape index (κ1) is 13.9. The number of fused-ring (bicyclic) bond motifs is 1. The molecule has 0 radical (unpaired) electrons. The van der Waals surface area contributed by atoms with Gasteiger partial charge in [-0.05, 0) is 42.8 Å². The predicted molar refractivity (Wildman–Crippen MR) is 84.4 cm³/mol. The number of nitrogen functional groups attached to an aromatic ring is 1. The Morgan fingerprint density at radius 2 is 2.10 bits per heavy atom. The summed E-state index contributed by atoms with van der Waals surface area (Å²) in [5, 5.41) is 0. The standard InChI is InChI=1S/C16H15FN2OS/c1-10-2-3-11(17)8-13(10)16(20)19-6-7-21-15-5-4-12(18)9-14(15)19/h2-5,8-9H,6-7,18H2,1H3. The van der Waals surface area contributed by atoms with Gasteiger partial charge in [-0.2, -0.15) is 0 Å². The molecule has 3 rings (SSSR count). The van der Waals surface area contributed by atoms with Crippen molar-refractivity contribution in [3.8, 4) is 0 Å². The summed E-state index contributed by atoms with van der Waals surface area (Å²) in [7, 11) is 0. The number of carbonyl (C=O) groups excluding carboxylic acids is 1. The number of anilines is 2. The minimum absolute atomic E-state index is 0.181. The molecule has 108 valence electrons. The van der Waals surface area contributed by atoms with Crippen LogP contribution >= 0.6 is 11.8 Å². The van der Waals surface area contributed by atoms with Crippen molar-refractivity contribution in [2.24, 2.45) is 0 Å². The number of hydrogen-bond acceptors (Lipinski definition) is 3. The number of carbonyl (C=O) groups is 1. The van der Waals surface area contributed by atoms with Crippen molar-refractivity contribution in [1.29, 1.82) is 0 Å². The minimum Gasteiger partial charge on any atom is -0.399 e. The first-order valence-electron chi connectivity index (χ1n) is 6.66. The van der Waals surface area contributed by atoms with Gasteiger partial charge < -0.3 is 10.6 Å². The molecule has 3 nitrogen and oxygen atoms in total. The Morgan fingerprint density at radius 1 is 1.29 bits per heavy atom. The number of aryl methyl sites for hydroxylation is 1. The average molecular weight is 302 g/mol. The molecule has 0 aromatic heterocycles. The molecule has 0 aliphatic carbocycles. The van der Waals surface area contributed by atoms with Crippen LogP contribution in [-0.4, -0.2) is 18.2 Å². The van der Waals surface area contributed by atoms with Crippen molar-refractivity contribution < 1.29 is 9.18 Å². The quantitative estimate of drug-likeness (QED) is 0.821. The first-order valence-corrected chi connectivity index (χ1v) is 7.65. The number of nitrogens with zero attached hydrogens (tertiary/aromatic N) is 1. The third-order valence-electron chi connectivity index (χ3n) is 3.52. The summed E-state index contributed by atoms with van der Waals surface area (Å²) in [6.07, 6.45) is 0. The van der Waals surface area contributed by atoms with Crippen LogP contribution in [0.3, 0.4) is 0 Å². The van der Waals surface area contributed by atoms with Crippen LogP contribution in [0.25, 0.3) is 0 Å². The fraction of sp³-hybridized carbons (Fsp3) is 0.188. The van der Waals surface area contributed by atoms with Crippen molar-refractivity contribution >= 4 is 29.0 Å². The number of thioether (sulfide) groups is 1. The van der Waals surface area contributed by atoms with Crippen LogP contribution in [-0.2, 0) is 0 Å².